The molecule has 0 aliphatic rings. The molecule has 1 N–H and O–H groups in total. The molecule has 1 aromatic heterocycles. The highest BCUT2D eigenvalue weighted by Gasteiger charge is 1.84. The lowest BCUT2D eigenvalue weighted by Crippen LogP contribution is -2.10. The van der Waals surface area contributed by atoms with Crippen LogP contribution in [0.4, 0.5) is 0 Å². The third kappa shape index (κ3) is 0.962. The maximum absolute atomic E-state index is 8.63. The largest absolute Gasteiger partial charge is 0.505 e. The first-order chi connectivity index (χ1) is 3.79. The van der Waals surface area contributed by atoms with Crippen LogP contribution < -0.4 is 5.72 Å². The highest BCUT2D eigenvalue weighted by Crippen LogP contribution is 1.96. The van der Waals surface area contributed by atoms with E-state index in [0.717, 1.165) is 0 Å². The Kier molecular flexibility index (Phi) is 1.16. The minimum absolute atomic E-state index is 0.107. The van der Waals surface area contributed by atoms with Crippen molar-refractivity contribution in [3.8, 4) is 5.75 Å². The quantitative estimate of drug-likeness (QED) is 0.409. The van der Waals surface area contributed by atoms with Crippen LogP contribution in [0, 0.1) is 0 Å². The lowest BCUT2D eigenvalue weighted by atomic mass is 10.1. The highest BCUT2D eigenvalue weighted by molar-refractivity contribution is 6.28. The molecule has 1 aromatic rings. The second-order valence-corrected chi connectivity index (χ2v) is 1.49. The standard InChI is InChI=1S/C4H5BN2O/c5-4-6-1-3(8)2-7-4/h1-2,8H,5H2. The van der Waals surface area contributed by atoms with E-state index in [4.69, 9.17) is 5.11 Å². The van der Waals surface area contributed by atoms with Crippen LogP contribution in [0.1, 0.15) is 0 Å². The van der Waals surface area contributed by atoms with Crippen molar-refractivity contribution in [3.05, 3.63) is 12.4 Å². The fourth-order valence-corrected chi connectivity index (χ4v) is 0.386. The molecule has 0 spiro atoms. The van der Waals surface area contributed by atoms with Gasteiger partial charge in [0.1, 0.15) is 0 Å². The van der Waals surface area contributed by atoms with Gasteiger partial charge < -0.3 is 5.11 Å². The molecule has 0 unspecified atom stereocenters. The molecule has 0 atom stereocenters. The molecule has 4 heteroatoms. The molecule has 0 saturated carbocycles. The molecule has 1 heterocycles. The van der Waals surface area contributed by atoms with Gasteiger partial charge in [-0.05, 0) is 0 Å². The van der Waals surface area contributed by atoms with Crippen molar-refractivity contribution in [2.24, 2.45) is 0 Å². The maximum atomic E-state index is 8.63. The minimum Gasteiger partial charge on any atom is -0.505 e. The Balaban J connectivity index is 3.03. The zero-order valence-corrected chi connectivity index (χ0v) is 4.50. The summed E-state index contributed by atoms with van der Waals surface area (Å²) in [6.45, 7) is 0. The van der Waals surface area contributed by atoms with E-state index < -0.39 is 0 Å². The number of aromatic hydroxyl groups is 1. The van der Waals surface area contributed by atoms with Crippen molar-refractivity contribution in [1.29, 1.82) is 0 Å². The summed E-state index contributed by atoms with van der Waals surface area (Å²) in [5.74, 6) is 0.107. The number of rotatable bonds is 0. The highest BCUT2D eigenvalue weighted by atomic mass is 16.3. The Hall–Kier alpha value is -1.06. The van der Waals surface area contributed by atoms with Gasteiger partial charge in [-0.25, -0.2) is 9.97 Å². The molecule has 0 bridgehead atoms. The predicted molar refractivity (Wildman–Crippen MR) is 31.9 cm³/mol. The monoisotopic (exact) mass is 108 g/mol. The minimum atomic E-state index is 0.107. The maximum Gasteiger partial charge on any atom is 0.189 e. The molecular formula is C4H5BN2O. The molecule has 8 heavy (non-hydrogen) atoms. The molecule has 0 saturated heterocycles. The fourth-order valence-electron chi connectivity index (χ4n) is 0.386. The summed E-state index contributed by atoms with van der Waals surface area (Å²) in [4.78, 5) is 7.44. The third-order valence-corrected chi connectivity index (χ3v) is 0.767. The van der Waals surface area contributed by atoms with E-state index in [9.17, 15) is 0 Å². The van der Waals surface area contributed by atoms with Crippen molar-refractivity contribution in [1.82, 2.24) is 9.97 Å². The molecule has 40 valence electrons. The summed E-state index contributed by atoms with van der Waals surface area (Å²) < 4.78 is 0. The van der Waals surface area contributed by atoms with E-state index in [1.165, 1.54) is 12.4 Å². The molecule has 3 nitrogen and oxygen atoms in total. The molecule has 0 aliphatic heterocycles. The Morgan fingerprint density at radius 3 is 2.25 bits per heavy atom. The Morgan fingerprint density at radius 2 is 1.88 bits per heavy atom. The van der Waals surface area contributed by atoms with E-state index >= 15 is 0 Å². The van der Waals surface area contributed by atoms with Gasteiger partial charge in [0.05, 0.1) is 18.1 Å². The van der Waals surface area contributed by atoms with Crippen LogP contribution in [0.15, 0.2) is 12.4 Å². The van der Waals surface area contributed by atoms with Crippen LogP contribution in [0.3, 0.4) is 0 Å². The van der Waals surface area contributed by atoms with Gasteiger partial charge in [0.25, 0.3) is 0 Å². The van der Waals surface area contributed by atoms with Gasteiger partial charge in [-0.3, -0.25) is 0 Å². The van der Waals surface area contributed by atoms with Crippen LogP contribution in [-0.4, -0.2) is 22.9 Å². The Bertz CT molecular complexity index is 153. The Labute approximate surface area is 47.8 Å². The van der Waals surface area contributed by atoms with E-state index in [-0.39, 0.29) is 5.75 Å². The first-order valence-corrected chi connectivity index (χ1v) is 2.26. The summed E-state index contributed by atoms with van der Waals surface area (Å²) in [6.07, 6.45) is 2.73. The van der Waals surface area contributed by atoms with Crippen LogP contribution in [0.2, 0.25) is 0 Å². The molecule has 0 fully saturated rings. The summed E-state index contributed by atoms with van der Waals surface area (Å²) in [5, 5.41) is 8.63. The summed E-state index contributed by atoms with van der Waals surface area (Å²) in [5.41, 5.74) is 0.669. The van der Waals surface area contributed by atoms with Crippen LogP contribution in [0.5, 0.6) is 5.75 Å². The van der Waals surface area contributed by atoms with E-state index in [1.54, 1.807) is 7.85 Å². The SMILES string of the molecule is Bc1ncc(O)cn1. The molecule has 1 rings (SSSR count). The summed E-state index contributed by atoms with van der Waals surface area (Å²) in [7, 11) is 1.76. The van der Waals surface area contributed by atoms with Gasteiger partial charge in [-0.15, -0.1) is 0 Å². The number of nitrogens with zero attached hydrogens (tertiary/aromatic N) is 2. The topological polar surface area (TPSA) is 46.0 Å². The average molecular weight is 108 g/mol. The molecule has 0 amide bonds. The van der Waals surface area contributed by atoms with Gasteiger partial charge in [0, 0.05) is 0 Å². The van der Waals surface area contributed by atoms with Crippen molar-refractivity contribution in [3.63, 3.8) is 0 Å². The lowest BCUT2D eigenvalue weighted by molar-refractivity contribution is 0.470. The number of hydrogen-bond donors (Lipinski definition) is 1. The fraction of sp³-hybridized carbons (Fsp3) is 0. The van der Waals surface area contributed by atoms with E-state index in [1.807, 2.05) is 0 Å². The van der Waals surface area contributed by atoms with Crippen molar-refractivity contribution in [2.45, 2.75) is 0 Å². The van der Waals surface area contributed by atoms with Gasteiger partial charge in [0.15, 0.2) is 13.6 Å². The number of hydrogen-bond acceptors (Lipinski definition) is 3. The molecule has 0 aliphatic carbocycles. The lowest BCUT2D eigenvalue weighted by Gasteiger charge is -1.88. The second kappa shape index (κ2) is 1.82. The zero-order chi connectivity index (χ0) is 5.98. The van der Waals surface area contributed by atoms with E-state index in [2.05, 4.69) is 9.97 Å². The van der Waals surface area contributed by atoms with Gasteiger partial charge >= 0.3 is 0 Å². The van der Waals surface area contributed by atoms with Crippen LogP contribution >= 0.6 is 0 Å². The summed E-state index contributed by atoms with van der Waals surface area (Å²) >= 11 is 0. The second-order valence-electron chi connectivity index (χ2n) is 1.49. The van der Waals surface area contributed by atoms with Crippen LogP contribution in [0.25, 0.3) is 0 Å². The summed E-state index contributed by atoms with van der Waals surface area (Å²) in [6, 6.07) is 0. The molecule has 0 aromatic carbocycles. The zero-order valence-electron chi connectivity index (χ0n) is 4.50. The van der Waals surface area contributed by atoms with Crippen LogP contribution in [-0.2, 0) is 0 Å². The molecular weight excluding hydrogens is 103 g/mol. The first kappa shape index (κ1) is 5.09. The Morgan fingerprint density at radius 1 is 1.38 bits per heavy atom. The average Bonchev–Trinajstić information content (AvgIpc) is 1.77. The van der Waals surface area contributed by atoms with Crippen molar-refractivity contribution in [2.75, 3.05) is 0 Å². The third-order valence-electron chi connectivity index (χ3n) is 0.767. The predicted octanol–water partition coefficient (Wildman–Crippen LogP) is -1.56. The number of aromatic nitrogens is 2. The van der Waals surface area contributed by atoms with Crippen molar-refractivity contribution < 1.29 is 5.11 Å². The first-order valence-electron chi connectivity index (χ1n) is 2.26. The van der Waals surface area contributed by atoms with Crippen molar-refractivity contribution >= 4 is 13.6 Å². The van der Waals surface area contributed by atoms with Gasteiger partial charge in [0.2, 0.25) is 0 Å². The normalized spacial score (nSPS) is 9.00. The van der Waals surface area contributed by atoms with Gasteiger partial charge in [-0.1, -0.05) is 0 Å². The van der Waals surface area contributed by atoms with E-state index in [0.29, 0.717) is 5.72 Å². The van der Waals surface area contributed by atoms with Gasteiger partial charge in [-0.2, -0.15) is 0 Å². The smallest absolute Gasteiger partial charge is 0.189 e. The molecule has 0 radical (unpaired) electrons.